The van der Waals surface area contributed by atoms with Crippen LogP contribution in [0, 0.1) is 0 Å². The maximum Gasteiger partial charge on any atom is 0.213 e. The van der Waals surface area contributed by atoms with Gasteiger partial charge in [-0.1, -0.05) is 97.1 Å². The number of rotatable bonds is 4. The lowest BCUT2D eigenvalue weighted by Crippen LogP contribution is -2.00. The summed E-state index contributed by atoms with van der Waals surface area (Å²) in [6.45, 7) is 0. The Bertz CT molecular complexity index is 2090. The second-order valence-electron chi connectivity index (χ2n) is 9.72. The second-order valence-corrected chi connectivity index (χ2v) is 9.72. The van der Waals surface area contributed by atoms with E-state index >= 15 is 0 Å². The fourth-order valence-electron chi connectivity index (χ4n) is 5.40. The van der Waals surface area contributed by atoms with Crippen molar-refractivity contribution in [1.82, 2.24) is 19.5 Å². The van der Waals surface area contributed by atoms with E-state index in [0.29, 0.717) is 17.5 Å². The molecule has 5 heteroatoms. The minimum absolute atomic E-state index is 0.628. The van der Waals surface area contributed by atoms with E-state index in [0.717, 1.165) is 55.3 Å². The summed E-state index contributed by atoms with van der Waals surface area (Å²) in [5, 5.41) is 3.25. The monoisotopic (exact) mass is 514 g/mol. The topological polar surface area (TPSA) is 56.7 Å². The highest BCUT2D eigenvalue weighted by molar-refractivity contribution is 6.20. The number of aromatic nitrogens is 4. The van der Waals surface area contributed by atoms with Crippen molar-refractivity contribution in [1.29, 1.82) is 0 Å². The summed E-state index contributed by atoms with van der Waals surface area (Å²) >= 11 is 0. The molecule has 0 atom stereocenters. The smallest absolute Gasteiger partial charge is 0.213 e. The number of furan rings is 1. The molecule has 0 aliphatic rings. The van der Waals surface area contributed by atoms with Gasteiger partial charge in [0.05, 0.1) is 10.9 Å². The molecule has 0 amide bonds. The Morgan fingerprint density at radius 1 is 0.475 bits per heavy atom. The average molecular weight is 515 g/mol. The molecule has 0 aliphatic carbocycles. The van der Waals surface area contributed by atoms with Gasteiger partial charge in [0.2, 0.25) is 5.71 Å². The number of nitrogens with zero attached hydrogens (tertiary/aromatic N) is 4. The van der Waals surface area contributed by atoms with Gasteiger partial charge in [-0.2, -0.15) is 0 Å². The number of benzene rings is 5. The van der Waals surface area contributed by atoms with Crippen LogP contribution < -0.4 is 0 Å². The van der Waals surface area contributed by atoms with Crippen molar-refractivity contribution in [3.8, 4) is 39.9 Å². The van der Waals surface area contributed by atoms with Crippen LogP contribution in [0.3, 0.4) is 0 Å². The van der Waals surface area contributed by atoms with E-state index in [1.54, 1.807) is 0 Å². The summed E-state index contributed by atoms with van der Waals surface area (Å²) < 4.78 is 8.63. The first-order chi connectivity index (χ1) is 19.8. The second kappa shape index (κ2) is 9.03. The number of fused-ring (bicyclic) bond motifs is 5. The van der Waals surface area contributed by atoms with Crippen molar-refractivity contribution < 1.29 is 4.42 Å². The van der Waals surface area contributed by atoms with Crippen molar-refractivity contribution in [2.45, 2.75) is 0 Å². The molecular weight excluding hydrogens is 492 g/mol. The van der Waals surface area contributed by atoms with Crippen LogP contribution in [0.5, 0.6) is 0 Å². The number of para-hydroxylation sites is 2. The molecule has 0 N–H and O–H groups in total. The predicted octanol–water partition coefficient (Wildman–Crippen LogP) is 8.72. The van der Waals surface area contributed by atoms with Crippen LogP contribution in [-0.2, 0) is 0 Å². The van der Waals surface area contributed by atoms with Crippen LogP contribution in [0.2, 0.25) is 0 Å². The van der Waals surface area contributed by atoms with Gasteiger partial charge in [0, 0.05) is 33.2 Å². The van der Waals surface area contributed by atoms with Crippen molar-refractivity contribution in [2.24, 2.45) is 0 Å². The van der Waals surface area contributed by atoms with Gasteiger partial charge < -0.3 is 4.42 Å². The molecule has 0 spiro atoms. The Hall–Kier alpha value is -5.55. The molecule has 40 heavy (non-hydrogen) atoms. The largest absolute Gasteiger partial charge is 0.439 e. The summed E-state index contributed by atoms with van der Waals surface area (Å²) in [7, 11) is 0. The first-order valence-electron chi connectivity index (χ1n) is 13.2. The Morgan fingerprint density at radius 3 is 1.68 bits per heavy atom. The summed E-state index contributed by atoms with van der Waals surface area (Å²) in [5.74, 6) is 1.92. The lowest BCUT2D eigenvalue weighted by atomic mass is 10.1. The molecule has 0 unspecified atom stereocenters. The van der Waals surface area contributed by atoms with Gasteiger partial charge in [0.25, 0.3) is 0 Å². The maximum absolute atomic E-state index is 6.44. The molecular formula is C35H22N4O. The van der Waals surface area contributed by atoms with Crippen molar-refractivity contribution in [3.63, 3.8) is 0 Å². The van der Waals surface area contributed by atoms with Gasteiger partial charge in [-0.3, -0.25) is 4.57 Å². The van der Waals surface area contributed by atoms with Crippen LogP contribution in [0.1, 0.15) is 0 Å². The standard InChI is InChI=1S/C35H22N4O/c1-4-12-23(13-5-1)32-36-33(24-14-6-2-7-15-24)38-34(37-32)25-20-21-29-28(22-25)31-27-18-10-11-19-30(27)40-35(31)39(29)26-16-8-3-9-17-26/h1-22H. The van der Waals surface area contributed by atoms with E-state index in [2.05, 4.69) is 47.0 Å². The van der Waals surface area contributed by atoms with Gasteiger partial charge in [-0.05, 0) is 36.4 Å². The van der Waals surface area contributed by atoms with E-state index in [-0.39, 0.29) is 0 Å². The minimum Gasteiger partial charge on any atom is -0.439 e. The summed E-state index contributed by atoms with van der Waals surface area (Å²) in [5.41, 5.74) is 6.61. The van der Waals surface area contributed by atoms with E-state index in [1.807, 2.05) is 91.0 Å². The molecule has 0 bridgehead atoms. The summed E-state index contributed by atoms with van der Waals surface area (Å²) in [6, 6.07) is 45.0. The molecule has 0 saturated carbocycles. The molecule has 188 valence electrons. The van der Waals surface area contributed by atoms with Gasteiger partial charge in [0.1, 0.15) is 5.58 Å². The Morgan fingerprint density at radius 2 is 1.02 bits per heavy atom. The zero-order valence-corrected chi connectivity index (χ0v) is 21.4. The number of hydrogen-bond acceptors (Lipinski definition) is 4. The van der Waals surface area contributed by atoms with Crippen LogP contribution in [-0.4, -0.2) is 19.5 Å². The van der Waals surface area contributed by atoms with Crippen molar-refractivity contribution >= 4 is 33.0 Å². The van der Waals surface area contributed by atoms with Crippen LogP contribution in [0.15, 0.2) is 138 Å². The maximum atomic E-state index is 6.44. The molecule has 8 rings (SSSR count). The summed E-state index contributed by atoms with van der Waals surface area (Å²) in [6.07, 6.45) is 0. The molecule has 0 aliphatic heterocycles. The lowest BCUT2D eigenvalue weighted by Gasteiger charge is -2.09. The highest BCUT2D eigenvalue weighted by atomic mass is 16.3. The zero-order valence-electron chi connectivity index (χ0n) is 21.4. The van der Waals surface area contributed by atoms with E-state index in [9.17, 15) is 0 Å². The molecule has 5 nitrogen and oxygen atoms in total. The fraction of sp³-hybridized carbons (Fsp3) is 0. The first-order valence-corrected chi connectivity index (χ1v) is 13.2. The zero-order chi connectivity index (χ0) is 26.5. The highest BCUT2D eigenvalue weighted by Crippen LogP contribution is 2.40. The van der Waals surface area contributed by atoms with Crippen LogP contribution in [0.25, 0.3) is 72.8 Å². The normalized spacial score (nSPS) is 11.5. The Labute approximate surface area is 230 Å². The molecule has 3 heterocycles. The third-order valence-electron chi connectivity index (χ3n) is 7.26. The molecule has 3 aromatic heterocycles. The van der Waals surface area contributed by atoms with E-state index < -0.39 is 0 Å². The van der Waals surface area contributed by atoms with Crippen LogP contribution >= 0.6 is 0 Å². The molecule has 0 radical (unpaired) electrons. The third kappa shape index (κ3) is 3.60. The van der Waals surface area contributed by atoms with Gasteiger partial charge >= 0.3 is 0 Å². The average Bonchev–Trinajstić information content (AvgIpc) is 3.56. The molecule has 0 fully saturated rings. The number of hydrogen-bond donors (Lipinski definition) is 0. The minimum atomic E-state index is 0.628. The molecule has 8 aromatic rings. The molecule has 5 aromatic carbocycles. The van der Waals surface area contributed by atoms with Crippen molar-refractivity contribution in [3.05, 3.63) is 133 Å². The van der Waals surface area contributed by atoms with E-state index in [1.165, 1.54) is 0 Å². The lowest BCUT2D eigenvalue weighted by molar-refractivity contribution is 0.645. The highest BCUT2D eigenvalue weighted by Gasteiger charge is 2.20. The predicted molar refractivity (Wildman–Crippen MR) is 160 cm³/mol. The third-order valence-corrected chi connectivity index (χ3v) is 7.26. The van der Waals surface area contributed by atoms with Crippen molar-refractivity contribution in [2.75, 3.05) is 0 Å². The quantitative estimate of drug-likeness (QED) is 0.236. The van der Waals surface area contributed by atoms with Gasteiger partial charge in [0.15, 0.2) is 17.5 Å². The van der Waals surface area contributed by atoms with E-state index in [4.69, 9.17) is 19.4 Å². The first kappa shape index (κ1) is 22.4. The SMILES string of the molecule is c1ccc(-c2nc(-c3ccccc3)nc(-c3ccc4c(c3)c3c5ccccc5oc3n4-c3ccccc3)n2)cc1. The van der Waals surface area contributed by atoms with Gasteiger partial charge in [-0.15, -0.1) is 0 Å². The Kier molecular flexibility index (Phi) is 5.07. The van der Waals surface area contributed by atoms with Crippen LogP contribution in [0.4, 0.5) is 0 Å². The Balaban J connectivity index is 1.41. The van der Waals surface area contributed by atoms with Gasteiger partial charge in [-0.25, -0.2) is 15.0 Å². The summed E-state index contributed by atoms with van der Waals surface area (Å²) in [4.78, 5) is 14.7. The molecule has 0 saturated heterocycles. The fourth-order valence-corrected chi connectivity index (χ4v) is 5.40.